The topological polar surface area (TPSA) is 67.6 Å². The highest BCUT2D eigenvalue weighted by atomic mass is 16.5. The van der Waals surface area contributed by atoms with Gasteiger partial charge in [0.2, 0.25) is 5.91 Å². The zero-order valence-electron chi connectivity index (χ0n) is 13.5. The number of likely N-dealkylation sites (tertiary alicyclic amines) is 1. The molecule has 3 N–H and O–H groups in total. The van der Waals surface area contributed by atoms with E-state index >= 15 is 0 Å². The van der Waals surface area contributed by atoms with Gasteiger partial charge in [-0.1, -0.05) is 13.8 Å². The van der Waals surface area contributed by atoms with E-state index in [4.69, 9.17) is 10.5 Å². The summed E-state index contributed by atoms with van der Waals surface area (Å²) < 4.78 is 5.43. The van der Waals surface area contributed by atoms with Gasteiger partial charge in [0.15, 0.2) is 0 Å². The minimum absolute atomic E-state index is 0.0198. The molecule has 5 heteroatoms. The summed E-state index contributed by atoms with van der Waals surface area (Å²) in [5.41, 5.74) is 5.94. The number of carbonyl (C=O) groups is 1. The summed E-state index contributed by atoms with van der Waals surface area (Å²) in [6, 6.07) is -0.0644. The van der Waals surface area contributed by atoms with Crippen LogP contribution in [0.2, 0.25) is 0 Å². The van der Waals surface area contributed by atoms with Crippen LogP contribution in [0.1, 0.15) is 39.5 Å². The molecule has 0 aromatic rings. The van der Waals surface area contributed by atoms with Crippen molar-refractivity contribution in [3.05, 3.63) is 0 Å². The molecular formula is C16H31N3O2. The molecule has 0 bridgehead atoms. The second-order valence-electron chi connectivity index (χ2n) is 7.05. The number of piperidine rings is 1. The van der Waals surface area contributed by atoms with E-state index in [0.29, 0.717) is 17.9 Å². The standard InChI is InChI=1S/C16H31N3O2/c1-12(2)9-15(17)16(20)18-14-3-6-19(7-4-14)10-13-5-8-21-11-13/h12-15H,3-11,17H2,1-2H3,(H,18,20)/t13?,15-/m0/s1. The summed E-state index contributed by atoms with van der Waals surface area (Å²) in [6.07, 6.45) is 4.02. The van der Waals surface area contributed by atoms with Gasteiger partial charge >= 0.3 is 0 Å². The van der Waals surface area contributed by atoms with Gasteiger partial charge in [-0.2, -0.15) is 0 Å². The van der Waals surface area contributed by atoms with Crippen LogP contribution in [0.4, 0.5) is 0 Å². The Kier molecular flexibility index (Phi) is 6.45. The number of hydrogen-bond donors (Lipinski definition) is 2. The van der Waals surface area contributed by atoms with Crippen molar-refractivity contribution in [3.63, 3.8) is 0 Å². The van der Waals surface area contributed by atoms with Gasteiger partial charge in [-0.3, -0.25) is 4.79 Å². The largest absolute Gasteiger partial charge is 0.381 e. The minimum atomic E-state index is -0.362. The van der Waals surface area contributed by atoms with Crippen LogP contribution >= 0.6 is 0 Å². The third-order valence-corrected chi connectivity index (χ3v) is 4.54. The van der Waals surface area contributed by atoms with Gasteiger partial charge in [-0.15, -0.1) is 0 Å². The average molecular weight is 297 g/mol. The smallest absolute Gasteiger partial charge is 0.237 e. The molecule has 2 heterocycles. The molecule has 122 valence electrons. The molecule has 2 fully saturated rings. The quantitative estimate of drug-likeness (QED) is 0.767. The van der Waals surface area contributed by atoms with Crippen molar-refractivity contribution in [2.24, 2.45) is 17.6 Å². The Morgan fingerprint density at radius 3 is 2.62 bits per heavy atom. The number of amides is 1. The Balaban J connectivity index is 1.65. The number of nitrogens with two attached hydrogens (primary N) is 1. The molecule has 0 aliphatic carbocycles. The first-order chi connectivity index (χ1) is 10.0. The zero-order chi connectivity index (χ0) is 15.2. The number of nitrogens with zero attached hydrogens (tertiary/aromatic N) is 1. The molecule has 2 atom stereocenters. The molecule has 2 aliphatic heterocycles. The molecule has 1 amide bonds. The number of ether oxygens (including phenoxy) is 1. The summed E-state index contributed by atoms with van der Waals surface area (Å²) in [5, 5.41) is 3.12. The lowest BCUT2D eigenvalue weighted by atomic mass is 10.0. The van der Waals surface area contributed by atoms with Crippen LogP contribution in [0.5, 0.6) is 0 Å². The molecule has 21 heavy (non-hydrogen) atoms. The molecular weight excluding hydrogens is 266 g/mol. The maximum absolute atomic E-state index is 12.0. The van der Waals surface area contributed by atoms with Gasteiger partial charge in [0.05, 0.1) is 12.6 Å². The first-order valence-corrected chi connectivity index (χ1v) is 8.40. The first-order valence-electron chi connectivity index (χ1n) is 8.40. The van der Waals surface area contributed by atoms with Crippen LogP contribution in [0.3, 0.4) is 0 Å². The van der Waals surface area contributed by atoms with E-state index in [1.165, 1.54) is 6.42 Å². The predicted molar refractivity (Wildman–Crippen MR) is 84.0 cm³/mol. The summed E-state index contributed by atoms with van der Waals surface area (Å²) in [6.45, 7) is 9.32. The Bertz CT molecular complexity index is 321. The van der Waals surface area contributed by atoms with E-state index in [9.17, 15) is 4.79 Å². The number of hydrogen-bond acceptors (Lipinski definition) is 4. The predicted octanol–water partition coefficient (Wildman–Crippen LogP) is 0.977. The van der Waals surface area contributed by atoms with Gasteiger partial charge in [0.1, 0.15) is 0 Å². The van der Waals surface area contributed by atoms with E-state index < -0.39 is 0 Å². The molecule has 0 aromatic carbocycles. The van der Waals surface area contributed by atoms with Crippen LogP contribution in [0.15, 0.2) is 0 Å². The van der Waals surface area contributed by atoms with Gasteiger partial charge in [-0.25, -0.2) is 0 Å². The number of nitrogens with one attached hydrogen (secondary N) is 1. The lowest BCUT2D eigenvalue weighted by Gasteiger charge is -2.34. The second-order valence-corrected chi connectivity index (χ2v) is 7.05. The van der Waals surface area contributed by atoms with Crippen molar-refractivity contribution in [3.8, 4) is 0 Å². The Labute approximate surface area is 128 Å². The summed E-state index contributed by atoms with van der Waals surface area (Å²) >= 11 is 0. The molecule has 0 spiro atoms. The van der Waals surface area contributed by atoms with E-state index in [0.717, 1.165) is 52.1 Å². The Morgan fingerprint density at radius 2 is 2.05 bits per heavy atom. The molecule has 2 rings (SSSR count). The highest BCUT2D eigenvalue weighted by molar-refractivity contribution is 5.81. The monoisotopic (exact) mass is 297 g/mol. The number of rotatable bonds is 6. The Morgan fingerprint density at radius 1 is 1.33 bits per heavy atom. The second kappa shape index (κ2) is 8.11. The van der Waals surface area contributed by atoms with Crippen molar-refractivity contribution in [2.45, 2.75) is 51.6 Å². The fraction of sp³-hybridized carbons (Fsp3) is 0.938. The van der Waals surface area contributed by atoms with Crippen molar-refractivity contribution < 1.29 is 9.53 Å². The molecule has 2 aliphatic rings. The lowest BCUT2D eigenvalue weighted by molar-refractivity contribution is -0.123. The maximum Gasteiger partial charge on any atom is 0.237 e. The van der Waals surface area contributed by atoms with Crippen molar-refractivity contribution >= 4 is 5.91 Å². The fourth-order valence-corrected chi connectivity index (χ4v) is 3.28. The molecule has 1 unspecified atom stereocenters. The van der Waals surface area contributed by atoms with Gasteiger partial charge in [0.25, 0.3) is 0 Å². The average Bonchev–Trinajstić information content (AvgIpc) is 2.93. The molecule has 5 nitrogen and oxygen atoms in total. The molecule has 0 saturated carbocycles. The van der Waals surface area contributed by atoms with Crippen LogP contribution in [-0.4, -0.2) is 55.7 Å². The van der Waals surface area contributed by atoms with Crippen LogP contribution in [0.25, 0.3) is 0 Å². The fourth-order valence-electron chi connectivity index (χ4n) is 3.28. The van der Waals surface area contributed by atoms with E-state index in [1.807, 2.05) is 0 Å². The molecule has 0 radical (unpaired) electrons. The Hall–Kier alpha value is -0.650. The number of carbonyl (C=O) groups excluding carboxylic acids is 1. The van der Waals surface area contributed by atoms with Crippen LogP contribution in [0, 0.1) is 11.8 Å². The van der Waals surface area contributed by atoms with Crippen LogP contribution < -0.4 is 11.1 Å². The zero-order valence-corrected chi connectivity index (χ0v) is 13.5. The summed E-state index contributed by atoms with van der Waals surface area (Å²) in [5.74, 6) is 1.18. The molecule has 0 aromatic heterocycles. The van der Waals surface area contributed by atoms with Gasteiger partial charge in [-0.05, 0) is 37.5 Å². The summed E-state index contributed by atoms with van der Waals surface area (Å²) in [7, 11) is 0. The summed E-state index contributed by atoms with van der Waals surface area (Å²) in [4.78, 5) is 14.6. The highest BCUT2D eigenvalue weighted by Gasteiger charge is 2.25. The van der Waals surface area contributed by atoms with E-state index in [2.05, 4.69) is 24.1 Å². The van der Waals surface area contributed by atoms with Crippen LogP contribution in [-0.2, 0) is 9.53 Å². The molecule has 2 saturated heterocycles. The van der Waals surface area contributed by atoms with E-state index in [1.54, 1.807) is 0 Å². The SMILES string of the molecule is CC(C)C[C@H](N)C(=O)NC1CCN(CC2CCOC2)CC1. The van der Waals surface area contributed by atoms with Gasteiger partial charge in [0, 0.05) is 32.3 Å². The van der Waals surface area contributed by atoms with Crippen molar-refractivity contribution in [2.75, 3.05) is 32.8 Å². The van der Waals surface area contributed by atoms with Crippen molar-refractivity contribution in [1.82, 2.24) is 10.2 Å². The van der Waals surface area contributed by atoms with Gasteiger partial charge < -0.3 is 20.7 Å². The first kappa shape index (κ1) is 16.7. The third-order valence-electron chi connectivity index (χ3n) is 4.54. The lowest BCUT2D eigenvalue weighted by Crippen LogP contribution is -2.50. The maximum atomic E-state index is 12.0. The van der Waals surface area contributed by atoms with Crippen molar-refractivity contribution in [1.29, 1.82) is 0 Å². The normalized spacial score (nSPS) is 26.2. The highest BCUT2D eigenvalue weighted by Crippen LogP contribution is 2.17. The third kappa shape index (κ3) is 5.57. The van der Waals surface area contributed by atoms with E-state index in [-0.39, 0.29) is 11.9 Å². The minimum Gasteiger partial charge on any atom is -0.381 e.